The average molecular weight is 252 g/mol. The van der Waals surface area contributed by atoms with Crippen LogP contribution in [0.4, 0.5) is 5.95 Å². The molecule has 2 N–H and O–H groups in total. The van der Waals surface area contributed by atoms with E-state index in [1.807, 2.05) is 16.8 Å². The summed E-state index contributed by atoms with van der Waals surface area (Å²) in [7, 11) is 0. The fraction of sp³-hybridized carbons (Fsp3) is 0.300. The highest BCUT2D eigenvalue weighted by Crippen LogP contribution is 2.06. The van der Waals surface area contributed by atoms with Crippen LogP contribution in [0.2, 0.25) is 0 Å². The third kappa shape index (κ3) is 3.56. The number of aromatic nitrogens is 3. The summed E-state index contributed by atoms with van der Waals surface area (Å²) in [6, 6.07) is 2.01. The largest absolute Gasteiger partial charge is 0.464 e. The van der Waals surface area contributed by atoms with Crippen molar-refractivity contribution in [2.75, 3.05) is 12.3 Å². The van der Waals surface area contributed by atoms with Gasteiger partial charge in [-0.15, -0.1) is 5.10 Å². The third-order valence-electron chi connectivity index (χ3n) is 2.08. The SMILES string of the molecule is Nc1ncn(CC(=O)OCCc2ccsc2)n1. The molecule has 0 aliphatic carbocycles. The van der Waals surface area contributed by atoms with Gasteiger partial charge in [-0.05, 0) is 22.4 Å². The molecule has 0 aromatic carbocycles. The summed E-state index contributed by atoms with van der Waals surface area (Å²) in [5, 5.41) is 7.82. The molecule has 0 fully saturated rings. The number of carbonyl (C=O) groups excluding carboxylic acids is 1. The molecule has 0 aliphatic heterocycles. The predicted octanol–water partition coefficient (Wildman–Crippen LogP) is 0.708. The van der Waals surface area contributed by atoms with E-state index in [0.717, 1.165) is 6.42 Å². The average Bonchev–Trinajstić information content (AvgIpc) is 2.90. The molecule has 0 unspecified atom stereocenters. The molecule has 0 saturated carbocycles. The Hall–Kier alpha value is -1.89. The Morgan fingerprint density at radius 1 is 1.59 bits per heavy atom. The molecule has 6 nitrogen and oxygen atoms in total. The summed E-state index contributed by atoms with van der Waals surface area (Å²) in [5.74, 6) is -0.193. The summed E-state index contributed by atoms with van der Waals surface area (Å²) < 4.78 is 6.41. The Kier molecular flexibility index (Phi) is 3.71. The van der Waals surface area contributed by atoms with Crippen molar-refractivity contribution >= 4 is 23.3 Å². The van der Waals surface area contributed by atoms with Crippen molar-refractivity contribution in [2.45, 2.75) is 13.0 Å². The van der Waals surface area contributed by atoms with E-state index in [1.165, 1.54) is 16.6 Å². The number of nitrogen functional groups attached to an aromatic ring is 1. The number of anilines is 1. The van der Waals surface area contributed by atoms with Gasteiger partial charge in [-0.2, -0.15) is 11.3 Å². The molecule has 0 aliphatic rings. The number of thiophene rings is 1. The van der Waals surface area contributed by atoms with Crippen LogP contribution in [0.1, 0.15) is 5.56 Å². The zero-order valence-electron chi connectivity index (χ0n) is 9.07. The van der Waals surface area contributed by atoms with Crippen LogP contribution < -0.4 is 5.73 Å². The lowest BCUT2D eigenvalue weighted by atomic mass is 10.3. The van der Waals surface area contributed by atoms with Gasteiger partial charge in [-0.3, -0.25) is 4.79 Å². The molecule has 2 aromatic rings. The molecule has 0 bridgehead atoms. The smallest absolute Gasteiger partial charge is 0.327 e. The molecule has 0 radical (unpaired) electrons. The minimum atomic E-state index is -0.342. The standard InChI is InChI=1S/C10H12N4O2S/c11-10-12-7-14(13-10)5-9(15)16-3-1-8-2-4-17-6-8/h2,4,6-7H,1,3,5H2,(H2,11,13). The molecule has 2 aromatic heterocycles. The Labute approximate surface area is 102 Å². The van der Waals surface area contributed by atoms with Crippen molar-refractivity contribution in [3.63, 3.8) is 0 Å². The van der Waals surface area contributed by atoms with Gasteiger partial charge in [0, 0.05) is 6.42 Å². The monoisotopic (exact) mass is 252 g/mol. The number of ether oxygens (including phenoxy) is 1. The molecule has 0 atom stereocenters. The van der Waals surface area contributed by atoms with Crippen LogP contribution in [0.3, 0.4) is 0 Å². The quantitative estimate of drug-likeness (QED) is 0.792. The maximum absolute atomic E-state index is 11.4. The minimum absolute atomic E-state index is 0.0356. The van der Waals surface area contributed by atoms with Gasteiger partial charge in [0.25, 0.3) is 0 Å². The van der Waals surface area contributed by atoms with E-state index in [1.54, 1.807) is 11.3 Å². The lowest BCUT2D eigenvalue weighted by Gasteiger charge is -2.03. The second-order valence-corrected chi connectivity index (χ2v) is 4.18. The molecular formula is C10H12N4O2S. The highest BCUT2D eigenvalue weighted by molar-refractivity contribution is 7.07. The number of hydrogen-bond donors (Lipinski definition) is 1. The predicted molar refractivity (Wildman–Crippen MR) is 63.4 cm³/mol. The third-order valence-corrected chi connectivity index (χ3v) is 2.81. The molecule has 7 heteroatoms. The molecule has 2 rings (SSSR count). The summed E-state index contributed by atoms with van der Waals surface area (Å²) in [6.45, 7) is 0.410. The van der Waals surface area contributed by atoms with Crippen molar-refractivity contribution in [3.8, 4) is 0 Å². The van der Waals surface area contributed by atoms with Gasteiger partial charge in [0.05, 0.1) is 6.61 Å². The first-order chi connectivity index (χ1) is 8.24. The maximum Gasteiger partial charge on any atom is 0.327 e. The number of hydrogen-bond acceptors (Lipinski definition) is 6. The van der Waals surface area contributed by atoms with E-state index in [0.29, 0.717) is 6.61 Å². The highest BCUT2D eigenvalue weighted by Gasteiger charge is 2.06. The summed E-state index contributed by atoms with van der Waals surface area (Å²) in [4.78, 5) is 15.1. The zero-order chi connectivity index (χ0) is 12.1. The molecule has 0 spiro atoms. The van der Waals surface area contributed by atoms with Gasteiger partial charge >= 0.3 is 5.97 Å². The number of carbonyl (C=O) groups is 1. The van der Waals surface area contributed by atoms with Crippen molar-refractivity contribution in [1.29, 1.82) is 0 Å². The van der Waals surface area contributed by atoms with Gasteiger partial charge in [0.2, 0.25) is 5.95 Å². The first-order valence-corrected chi connectivity index (χ1v) is 6.00. The van der Waals surface area contributed by atoms with Crippen LogP contribution in [0.5, 0.6) is 0 Å². The normalized spacial score (nSPS) is 10.4. The Balaban J connectivity index is 1.71. The van der Waals surface area contributed by atoms with Crippen LogP contribution in [-0.4, -0.2) is 27.3 Å². The summed E-state index contributed by atoms with van der Waals surface area (Å²) >= 11 is 1.63. The number of esters is 1. The number of nitrogens with zero attached hydrogens (tertiary/aromatic N) is 3. The van der Waals surface area contributed by atoms with Gasteiger partial charge < -0.3 is 10.5 Å². The van der Waals surface area contributed by atoms with Crippen LogP contribution in [0, 0.1) is 0 Å². The number of rotatable bonds is 5. The van der Waals surface area contributed by atoms with Crippen molar-refractivity contribution in [3.05, 3.63) is 28.7 Å². The van der Waals surface area contributed by atoms with Crippen LogP contribution in [0.25, 0.3) is 0 Å². The molecule has 0 saturated heterocycles. The van der Waals surface area contributed by atoms with Gasteiger partial charge in [-0.1, -0.05) is 0 Å². The Morgan fingerprint density at radius 2 is 2.47 bits per heavy atom. The van der Waals surface area contributed by atoms with Crippen LogP contribution >= 0.6 is 11.3 Å². The highest BCUT2D eigenvalue weighted by atomic mass is 32.1. The van der Waals surface area contributed by atoms with E-state index in [4.69, 9.17) is 10.5 Å². The topological polar surface area (TPSA) is 83.0 Å². The fourth-order valence-corrected chi connectivity index (χ4v) is 1.98. The maximum atomic E-state index is 11.4. The Morgan fingerprint density at radius 3 is 3.12 bits per heavy atom. The second kappa shape index (κ2) is 5.44. The zero-order valence-corrected chi connectivity index (χ0v) is 9.89. The van der Waals surface area contributed by atoms with Crippen molar-refractivity contribution in [2.24, 2.45) is 0 Å². The van der Waals surface area contributed by atoms with E-state index in [2.05, 4.69) is 10.1 Å². The van der Waals surface area contributed by atoms with Gasteiger partial charge in [0.15, 0.2) is 0 Å². The Bertz CT molecular complexity index is 480. The lowest BCUT2D eigenvalue weighted by Crippen LogP contribution is -2.15. The van der Waals surface area contributed by atoms with E-state index < -0.39 is 0 Å². The van der Waals surface area contributed by atoms with Gasteiger partial charge in [0.1, 0.15) is 12.9 Å². The molecule has 0 amide bonds. The van der Waals surface area contributed by atoms with E-state index in [-0.39, 0.29) is 18.5 Å². The van der Waals surface area contributed by atoms with Crippen molar-refractivity contribution < 1.29 is 9.53 Å². The molecule has 90 valence electrons. The first kappa shape index (κ1) is 11.6. The summed E-state index contributed by atoms with van der Waals surface area (Å²) in [5.41, 5.74) is 6.50. The molecule has 17 heavy (non-hydrogen) atoms. The number of nitrogens with two attached hydrogens (primary N) is 1. The van der Waals surface area contributed by atoms with E-state index >= 15 is 0 Å². The minimum Gasteiger partial charge on any atom is -0.464 e. The van der Waals surface area contributed by atoms with Crippen LogP contribution in [0.15, 0.2) is 23.2 Å². The van der Waals surface area contributed by atoms with Gasteiger partial charge in [-0.25, -0.2) is 9.67 Å². The molecule has 2 heterocycles. The fourth-order valence-electron chi connectivity index (χ4n) is 1.28. The second-order valence-electron chi connectivity index (χ2n) is 3.40. The molecular weight excluding hydrogens is 240 g/mol. The lowest BCUT2D eigenvalue weighted by molar-refractivity contribution is -0.144. The van der Waals surface area contributed by atoms with Crippen LogP contribution in [-0.2, 0) is 22.5 Å². The van der Waals surface area contributed by atoms with E-state index in [9.17, 15) is 4.79 Å². The summed E-state index contributed by atoms with van der Waals surface area (Å²) in [6.07, 6.45) is 2.13. The van der Waals surface area contributed by atoms with Crippen molar-refractivity contribution in [1.82, 2.24) is 14.8 Å². The first-order valence-electron chi connectivity index (χ1n) is 5.05.